The van der Waals surface area contributed by atoms with Crippen LogP contribution >= 0.6 is 11.8 Å². The van der Waals surface area contributed by atoms with E-state index in [0.29, 0.717) is 6.10 Å². The van der Waals surface area contributed by atoms with Gasteiger partial charge in [0.05, 0.1) is 6.10 Å². The minimum Gasteiger partial charge on any atom is -0.490 e. The molecule has 1 aliphatic carbocycles. The number of rotatable bonds is 4. The van der Waals surface area contributed by atoms with Crippen LogP contribution in [0.2, 0.25) is 0 Å². The minimum atomic E-state index is 0.420. The molecule has 1 fully saturated rings. The highest BCUT2D eigenvalue weighted by Gasteiger charge is 2.14. The lowest BCUT2D eigenvalue weighted by atomic mass is 9.98. The van der Waals surface area contributed by atoms with Gasteiger partial charge in [0.15, 0.2) is 0 Å². The Hall–Kier alpha value is -1.41. The van der Waals surface area contributed by atoms with Gasteiger partial charge in [-0.3, -0.25) is 0 Å². The summed E-state index contributed by atoms with van der Waals surface area (Å²) in [6.07, 6.45) is 6.82. The van der Waals surface area contributed by atoms with Gasteiger partial charge < -0.3 is 4.74 Å². The van der Waals surface area contributed by atoms with Gasteiger partial charge in [0.25, 0.3) is 0 Å². The molecule has 0 unspecified atom stereocenters. The molecule has 0 saturated heterocycles. The first-order valence-electron chi connectivity index (χ1n) is 8.64. The molecule has 1 aliphatic rings. The van der Waals surface area contributed by atoms with Crippen molar-refractivity contribution >= 4 is 11.8 Å². The van der Waals surface area contributed by atoms with Crippen LogP contribution in [0.1, 0.15) is 48.8 Å². The maximum absolute atomic E-state index is 6.11. The van der Waals surface area contributed by atoms with Crippen LogP contribution in [0, 0.1) is 20.8 Å². The average Bonchev–Trinajstić information content (AvgIpc) is 2.53. The van der Waals surface area contributed by atoms with Crippen molar-refractivity contribution in [3.63, 3.8) is 0 Å². The van der Waals surface area contributed by atoms with E-state index in [2.05, 4.69) is 57.2 Å². The molecule has 23 heavy (non-hydrogen) atoms. The van der Waals surface area contributed by atoms with Gasteiger partial charge in [-0.05, 0) is 81.8 Å². The van der Waals surface area contributed by atoms with E-state index in [1.165, 1.54) is 58.6 Å². The van der Waals surface area contributed by atoms with Crippen LogP contribution in [0.4, 0.5) is 0 Å². The van der Waals surface area contributed by atoms with Gasteiger partial charge in [-0.1, -0.05) is 35.9 Å². The number of aryl methyl sites for hydroxylation is 3. The maximum Gasteiger partial charge on any atom is 0.119 e. The van der Waals surface area contributed by atoms with E-state index in [-0.39, 0.29) is 0 Å². The highest BCUT2D eigenvalue weighted by molar-refractivity contribution is 7.99. The van der Waals surface area contributed by atoms with Gasteiger partial charge in [-0.25, -0.2) is 0 Å². The van der Waals surface area contributed by atoms with Crippen LogP contribution in [0.3, 0.4) is 0 Å². The molecule has 0 atom stereocenters. The third kappa shape index (κ3) is 4.32. The third-order valence-corrected chi connectivity index (χ3v) is 5.86. The SMILES string of the molecule is Cc1cc(C)c(Sc2ccc(OC3CCCCC3)cc2)c(C)c1. The predicted molar refractivity (Wildman–Crippen MR) is 98.7 cm³/mol. The fraction of sp³-hybridized carbons (Fsp3) is 0.429. The second-order valence-electron chi connectivity index (χ2n) is 6.68. The quantitative estimate of drug-likeness (QED) is 0.636. The normalized spacial score (nSPS) is 15.6. The summed E-state index contributed by atoms with van der Waals surface area (Å²) in [7, 11) is 0. The highest BCUT2D eigenvalue weighted by atomic mass is 32.2. The van der Waals surface area contributed by atoms with Crippen molar-refractivity contribution in [3.05, 3.63) is 53.1 Å². The zero-order valence-electron chi connectivity index (χ0n) is 14.4. The molecule has 2 heteroatoms. The molecule has 3 rings (SSSR count). The average molecular weight is 327 g/mol. The molecule has 2 aromatic rings. The van der Waals surface area contributed by atoms with Crippen LogP contribution in [0.5, 0.6) is 5.75 Å². The van der Waals surface area contributed by atoms with E-state index < -0.39 is 0 Å². The van der Waals surface area contributed by atoms with Crippen molar-refractivity contribution in [2.45, 2.75) is 68.8 Å². The Morgan fingerprint density at radius 2 is 1.48 bits per heavy atom. The molecule has 0 N–H and O–H groups in total. The lowest BCUT2D eigenvalue weighted by molar-refractivity contribution is 0.155. The molecule has 0 radical (unpaired) electrons. The van der Waals surface area contributed by atoms with Gasteiger partial charge in [-0.15, -0.1) is 0 Å². The first kappa shape index (κ1) is 16.4. The third-order valence-electron chi connectivity index (χ3n) is 4.50. The van der Waals surface area contributed by atoms with E-state index in [4.69, 9.17) is 4.74 Å². The van der Waals surface area contributed by atoms with Crippen LogP contribution in [-0.4, -0.2) is 6.10 Å². The van der Waals surface area contributed by atoms with Crippen LogP contribution < -0.4 is 4.74 Å². The first-order chi connectivity index (χ1) is 11.1. The summed E-state index contributed by atoms with van der Waals surface area (Å²) in [4.78, 5) is 2.65. The van der Waals surface area contributed by atoms with Crippen LogP contribution in [-0.2, 0) is 0 Å². The highest BCUT2D eigenvalue weighted by Crippen LogP contribution is 2.34. The van der Waals surface area contributed by atoms with Crippen molar-refractivity contribution < 1.29 is 4.74 Å². The smallest absolute Gasteiger partial charge is 0.119 e. The topological polar surface area (TPSA) is 9.23 Å². The fourth-order valence-electron chi connectivity index (χ4n) is 3.41. The van der Waals surface area contributed by atoms with E-state index >= 15 is 0 Å². The second-order valence-corrected chi connectivity index (χ2v) is 7.76. The van der Waals surface area contributed by atoms with Crippen molar-refractivity contribution in [2.24, 2.45) is 0 Å². The van der Waals surface area contributed by atoms with Gasteiger partial charge in [-0.2, -0.15) is 0 Å². The van der Waals surface area contributed by atoms with Crippen LogP contribution in [0.15, 0.2) is 46.2 Å². The van der Waals surface area contributed by atoms with Gasteiger partial charge >= 0.3 is 0 Å². The molecule has 0 spiro atoms. The molecule has 2 aromatic carbocycles. The van der Waals surface area contributed by atoms with Crippen molar-refractivity contribution in [3.8, 4) is 5.75 Å². The molecular weight excluding hydrogens is 300 g/mol. The van der Waals surface area contributed by atoms with Crippen molar-refractivity contribution in [1.82, 2.24) is 0 Å². The molecule has 1 nitrogen and oxygen atoms in total. The van der Waals surface area contributed by atoms with Gasteiger partial charge in [0.1, 0.15) is 5.75 Å². The largest absolute Gasteiger partial charge is 0.490 e. The number of benzene rings is 2. The lowest BCUT2D eigenvalue weighted by Crippen LogP contribution is -2.19. The van der Waals surface area contributed by atoms with E-state index in [0.717, 1.165) is 5.75 Å². The zero-order valence-corrected chi connectivity index (χ0v) is 15.2. The molecular formula is C21H26OS. The Labute approximate surface area is 144 Å². The monoisotopic (exact) mass is 326 g/mol. The maximum atomic E-state index is 6.11. The van der Waals surface area contributed by atoms with Crippen molar-refractivity contribution in [1.29, 1.82) is 0 Å². The summed E-state index contributed by atoms with van der Waals surface area (Å²) < 4.78 is 6.11. The predicted octanol–water partition coefficient (Wildman–Crippen LogP) is 6.47. The summed E-state index contributed by atoms with van der Waals surface area (Å²) >= 11 is 1.85. The van der Waals surface area contributed by atoms with E-state index in [9.17, 15) is 0 Å². The molecule has 0 aliphatic heterocycles. The number of ether oxygens (including phenoxy) is 1. The van der Waals surface area contributed by atoms with E-state index in [1.807, 2.05) is 11.8 Å². The fourth-order valence-corrected chi connectivity index (χ4v) is 4.35. The van der Waals surface area contributed by atoms with Crippen LogP contribution in [0.25, 0.3) is 0 Å². The Morgan fingerprint density at radius 3 is 2.09 bits per heavy atom. The summed E-state index contributed by atoms with van der Waals surface area (Å²) in [5, 5.41) is 0. The summed E-state index contributed by atoms with van der Waals surface area (Å²) in [6.45, 7) is 6.55. The molecule has 1 saturated carbocycles. The molecule has 0 aromatic heterocycles. The van der Waals surface area contributed by atoms with Gasteiger partial charge in [0, 0.05) is 9.79 Å². The molecule has 0 amide bonds. The Kier molecular flexibility index (Phi) is 5.32. The number of hydrogen-bond acceptors (Lipinski definition) is 2. The van der Waals surface area contributed by atoms with Gasteiger partial charge in [0.2, 0.25) is 0 Å². The Balaban J connectivity index is 1.68. The summed E-state index contributed by atoms with van der Waals surface area (Å²) in [5.41, 5.74) is 4.05. The Bertz CT molecular complexity index is 631. The molecule has 0 heterocycles. The second kappa shape index (κ2) is 7.44. The summed E-state index contributed by atoms with van der Waals surface area (Å²) in [5.74, 6) is 1.01. The first-order valence-corrected chi connectivity index (χ1v) is 9.46. The standard InChI is InChI=1S/C21H26OS/c1-15-13-16(2)21(17(3)14-15)23-20-11-9-19(10-12-20)22-18-7-5-4-6-8-18/h9-14,18H,4-8H2,1-3H3. The zero-order chi connectivity index (χ0) is 16.2. The minimum absolute atomic E-state index is 0.420. The summed E-state index contributed by atoms with van der Waals surface area (Å²) in [6, 6.07) is 13.1. The molecule has 122 valence electrons. The Morgan fingerprint density at radius 1 is 0.870 bits per heavy atom. The van der Waals surface area contributed by atoms with Crippen molar-refractivity contribution in [2.75, 3.05) is 0 Å². The van der Waals surface area contributed by atoms with E-state index in [1.54, 1.807) is 0 Å². The molecule has 0 bridgehead atoms. The number of hydrogen-bond donors (Lipinski definition) is 0. The lowest BCUT2D eigenvalue weighted by Gasteiger charge is -2.23.